The molecule has 2 atom stereocenters. The van der Waals surface area contributed by atoms with Crippen LogP contribution >= 0.6 is 11.3 Å². The quantitative estimate of drug-likeness (QED) is 0.909. The molecule has 1 aromatic rings. The van der Waals surface area contributed by atoms with Crippen molar-refractivity contribution in [3.8, 4) is 0 Å². The summed E-state index contributed by atoms with van der Waals surface area (Å²) in [4.78, 5) is 2.06. The lowest BCUT2D eigenvalue weighted by Gasteiger charge is -2.40. The van der Waals surface area contributed by atoms with Crippen molar-refractivity contribution in [3.05, 3.63) is 10.0 Å². The van der Waals surface area contributed by atoms with Crippen LogP contribution in [-0.2, 0) is 12.7 Å². The number of likely N-dealkylation sites (tertiary alicyclic amines) is 1. The Kier molecular flexibility index (Phi) is 4.12. The molecule has 2 rings (SSSR count). The van der Waals surface area contributed by atoms with E-state index in [0.29, 0.717) is 35.7 Å². The van der Waals surface area contributed by atoms with Gasteiger partial charge in [0.25, 0.3) is 0 Å². The van der Waals surface area contributed by atoms with Gasteiger partial charge in [-0.3, -0.25) is 4.90 Å². The van der Waals surface area contributed by atoms with Gasteiger partial charge in [0.05, 0.1) is 12.6 Å². The summed E-state index contributed by atoms with van der Waals surface area (Å²) in [6, 6.07) is 0.244. The Morgan fingerprint density at radius 1 is 1.26 bits per heavy atom. The zero-order chi connectivity index (χ0) is 14.2. The number of aromatic nitrogens is 2. The van der Waals surface area contributed by atoms with Gasteiger partial charge >= 0.3 is 6.18 Å². The minimum Gasteiger partial charge on any atom is -0.393 e. The maximum absolute atomic E-state index is 12.4. The molecule has 108 valence electrons. The van der Waals surface area contributed by atoms with E-state index in [0.717, 1.165) is 0 Å². The number of rotatable bonds is 2. The van der Waals surface area contributed by atoms with E-state index in [2.05, 4.69) is 15.1 Å². The van der Waals surface area contributed by atoms with Gasteiger partial charge in [-0.05, 0) is 26.7 Å². The summed E-state index contributed by atoms with van der Waals surface area (Å²) in [7, 11) is 0. The fourth-order valence-electron chi connectivity index (χ4n) is 2.49. The van der Waals surface area contributed by atoms with E-state index >= 15 is 0 Å². The highest BCUT2D eigenvalue weighted by molar-refractivity contribution is 7.11. The summed E-state index contributed by atoms with van der Waals surface area (Å²) in [6.45, 7) is 4.28. The van der Waals surface area contributed by atoms with Gasteiger partial charge in [-0.25, -0.2) is 0 Å². The lowest BCUT2D eigenvalue weighted by Crippen LogP contribution is -2.47. The van der Waals surface area contributed by atoms with Gasteiger partial charge in [-0.15, -0.1) is 10.2 Å². The molecule has 0 unspecified atom stereocenters. The number of halogens is 3. The molecule has 4 nitrogen and oxygen atoms in total. The molecule has 0 amide bonds. The van der Waals surface area contributed by atoms with Crippen molar-refractivity contribution in [2.75, 3.05) is 0 Å². The van der Waals surface area contributed by atoms with Crippen molar-refractivity contribution in [1.29, 1.82) is 0 Å². The Labute approximate surface area is 113 Å². The smallest absolute Gasteiger partial charge is 0.393 e. The molecular formula is C11H16F3N3OS. The van der Waals surface area contributed by atoms with Crippen molar-refractivity contribution in [3.63, 3.8) is 0 Å². The van der Waals surface area contributed by atoms with Crippen molar-refractivity contribution in [1.82, 2.24) is 15.1 Å². The highest BCUT2D eigenvalue weighted by Crippen LogP contribution is 2.32. The number of aliphatic hydroxyl groups excluding tert-OH is 1. The molecule has 1 N–H and O–H groups in total. The Morgan fingerprint density at radius 2 is 1.84 bits per heavy atom. The highest BCUT2D eigenvalue weighted by atomic mass is 32.1. The van der Waals surface area contributed by atoms with Crippen LogP contribution in [0.15, 0.2) is 0 Å². The summed E-state index contributed by atoms with van der Waals surface area (Å²) in [5.41, 5.74) is 0. The van der Waals surface area contributed by atoms with Crippen LogP contribution in [0.5, 0.6) is 0 Å². The molecule has 0 spiro atoms. The van der Waals surface area contributed by atoms with E-state index in [1.807, 2.05) is 13.8 Å². The van der Waals surface area contributed by atoms with Crippen LogP contribution in [0.4, 0.5) is 13.2 Å². The third kappa shape index (κ3) is 3.43. The zero-order valence-electron chi connectivity index (χ0n) is 10.7. The molecule has 8 heteroatoms. The predicted molar refractivity (Wildman–Crippen MR) is 64.6 cm³/mol. The molecule has 1 saturated heterocycles. The predicted octanol–water partition coefficient (Wildman–Crippen LogP) is 2.29. The van der Waals surface area contributed by atoms with Crippen LogP contribution in [0.1, 0.15) is 36.7 Å². The molecule has 2 heterocycles. The van der Waals surface area contributed by atoms with Crippen LogP contribution in [-0.4, -0.2) is 38.4 Å². The van der Waals surface area contributed by atoms with E-state index in [1.165, 1.54) is 0 Å². The van der Waals surface area contributed by atoms with Crippen molar-refractivity contribution < 1.29 is 18.3 Å². The van der Waals surface area contributed by atoms with E-state index < -0.39 is 11.2 Å². The average molecular weight is 295 g/mol. The summed E-state index contributed by atoms with van der Waals surface area (Å²) in [5, 5.41) is 15.9. The lowest BCUT2D eigenvalue weighted by atomic mass is 9.95. The third-order valence-corrected chi connectivity index (χ3v) is 4.34. The molecular weight excluding hydrogens is 279 g/mol. The van der Waals surface area contributed by atoms with Gasteiger partial charge in [-0.1, -0.05) is 11.3 Å². The van der Waals surface area contributed by atoms with Crippen LogP contribution in [0.25, 0.3) is 0 Å². The first-order valence-corrected chi connectivity index (χ1v) is 6.92. The molecule has 1 aliphatic rings. The fraction of sp³-hybridized carbons (Fsp3) is 0.818. The Balaban J connectivity index is 2.06. The Hall–Kier alpha value is -0.730. The van der Waals surface area contributed by atoms with Gasteiger partial charge in [0.2, 0.25) is 5.01 Å². The standard InChI is InChI=1S/C11H16F3N3OS/c1-6-3-8(18)4-7(2)17(6)5-9-15-16-10(19-9)11(12,13)14/h6-8,18H,3-5H2,1-2H3/t6-,7-/m1/s1. The summed E-state index contributed by atoms with van der Waals surface area (Å²) >= 11 is 0.587. The van der Waals surface area contributed by atoms with Gasteiger partial charge in [0, 0.05) is 12.1 Å². The van der Waals surface area contributed by atoms with E-state index in [-0.39, 0.29) is 18.2 Å². The molecule has 0 radical (unpaired) electrons. The van der Waals surface area contributed by atoms with Gasteiger partial charge < -0.3 is 5.11 Å². The van der Waals surface area contributed by atoms with E-state index in [4.69, 9.17) is 0 Å². The molecule has 1 aromatic heterocycles. The number of alkyl halides is 3. The largest absolute Gasteiger partial charge is 0.445 e. The second-order valence-electron chi connectivity index (χ2n) is 4.99. The summed E-state index contributed by atoms with van der Waals surface area (Å²) in [6.07, 6.45) is -3.49. The normalized spacial score (nSPS) is 29.7. The number of nitrogens with zero attached hydrogens (tertiary/aromatic N) is 3. The first-order chi connectivity index (χ1) is 8.77. The molecule has 0 aromatic carbocycles. The number of piperidine rings is 1. The first kappa shape index (κ1) is 14.7. The van der Waals surface area contributed by atoms with Crippen LogP contribution in [0.2, 0.25) is 0 Å². The van der Waals surface area contributed by atoms with Gasteiger partial charge in [0.1, 0.15) is 5.01 Å². The first-order valence-electron chi connectivity index (χ1n) is 6.10. The lowest BCUT2D eigenvalue weighted by molar-refractivity contribution is -0.138. The highest BCUT2D eigenvalue weighted by Gasteiger charge is 2.36. The van der Waals surface area contributed by atoms with Crippen LogP contribution in [0.3, 0.4) is 0 Å². The third-order valence-electron chi connectivity index (χ3n) is 3.39. The number of hydrogen-bond acceptors (Lipinski definition) is 5. The van der Waals surface area contributed by atoms with Crippen LogP contribution < -0.4 is 0 Å². The van der Waals surface area contributed by atoms with Crippen molar-refractivity contribution >= 4 is 11.3 Å². The maximum atomic E-state index is 12.4. The monoisotopic (exact) mass is 295 g/mol. The summed E-state index contributed by atoms with van der Waals surface area (Å²) < 4.78 is 37.3. The number of hydrogen-bond donors (Lipinski definition) is 1. The van der Waals surface area contributed by atoms with Crippen LogP contribution in [0, 0.1) is 0 Å². The molecule has 0 aliphatic carbocycles. The number of aliphatic hydroxyl groups is 1. The molecule has 19 heavy (non-hydrogen) atoms. The molecule has 1 aliphatic heterocycles. The van der Waals surface area contributed by atoms with Crippen molar-refractivity contribution in [2.45, 2.75) is 57.6 Å². The topological polar surface area (TPSA) is 49.2 Å². The van der Waals surface area contributed by atoms with Crippen molar-refractivity contribution in [2.24, 2.45) is 0 Å². The summed E-state index contributed by atoms with van der Waals surface area (Å²) in [5.74, 6) is 0. The zero-order valence-corrected chi connectivity index (χ0v) is 11.5. The SMILES string of the molecule is C[C@@H]1CC(O)C[C@@H](C)N1Cc1nnc(C(F)(F)F)s1. The molecule has 1 fully saturated rings. The van der Waals surface area contributed by atoms with E-state index in [9.17, 15) is 18.3 Å². The minimum atomic E-state index is -4.43. The minimum absolute atomic E-state index is 0.122. The molecule has 0 saturated carbocycles. The second-order valence-corrected chi connectivity index (χ2v) is 6.06. The average Bonchev–Trinajstić information content (AvgIpc) is 2.71. The molecule has 0 bridgehead atoms. The second kappa shape index (κ2) is 5.34. The van der Waals surface area contributed by atoms with Gasteiger partial charge in [-0.2, -0.15) is 13.2 Å². The fourth-order valence-corrected chi connectivity index (χ4v) is 3.20. The Morgan fingerprint density at radius 3 is 2.32 bits per heavy atom. The van der Waals surface area contributed by atoms with E-state index in [1.54, 1.807) is 0 Å². The Bertz CT molecular complexity index is 425. The maximum Gasteiger partial charge on any atom is 0.445 e. The van der Waals surface area contributed by atoms with Gasteiger partial charge in [0.15, 0.2) is 0 Å².